The fraction of sp³-hybridized carbons (Fsp3) is 0. The molecule has 1 atom stereocenters. The zero-order chi connectivity index (χ0) is 13.4. The molecule has 0 saturated heterocycles. The SMILES string of the molecule is O=c1cc[nH]c2c1ccc1cc(O[P+](=O)O)cnc12. The summed E-state index contributed by atoms with van der Waals surface area (Å²) in [6.07, 6.45) is 2.90. The van der Waals surface area contributed by atoms with E-state index in [9.17, 15) is 9.36 Å². The van der Waals surface area contributed by atoms with E-state index in [1.807, 2.05) is 0 Å². The van der Waals surface area contributed by atoms with Gasteiger partial charge in [-0.15, -0.1) is 4.89 Å². The molecule has 0 spiro atoms. The largest absolute Gasteiger partial charge is 0.747 e. The minimum absolute atomic E-state index is 0.0868. The van der Waals surface area contributed by atoms with Gasteiger partial charge in [-0.25, -0.2) is 9.51 Å². The maximum absolute atomic E-state index is 11.7. The number of nitrogens with one attached hydrogen (secondary N) is 1. The Hall–Kier alpha value is -2.30. The molecule has 0 fully saturated rings. The molecule has 1 aromatic carbocycles. The number of pyridine rings is 2. The number of nitrogens with zero attached hydrogens (tertiary/aromatic N) is 1. The minimum Gasteiger partial charge on any atom is -0.359 e. The molecule has 3 aromatic rings. The molecule has 3 rings (SSSR count). The van der Waals surface area contributed by atoms with Gasteiger partial charge in [-0.1, -0.05) is 6.07 Å². The summed E-state index contributed by atoms with van der Waals surface area (Å²) in [6.45, 7) is 0. The Labute approximate surface area is 107 Å². The van der Waals surface area contributed by atoms with Crippen LogP contribution in [0.4, 0.5) is 0 Å². The Balaban J connectivity index is 2.30. The van der Waals surface area contributed by atoms with Crippen LogP contribution in [-0.2, 0) is 4.57 Å². The van der Waals surface area contributed by atoms with Crippen LogP contribution >= 0.6 is 8.25 Å². The maximum Gasteiger partial charge on any atom is 0.747 e. The van der Waals surface area contributed by atoms with Gasteiger partial charge in [0.05, 0.1) is 17.2 Å². The van der Waals surface area contributed by atoms with Crippen molar-refractivity contribution in [1.82, 2.24) is 9.97 Å². The third-order valence-electron chi connectivity index (χ3n) is 2.74. The van der Waals surface area contributed by atoms with Crippen molar-refractivity contribution in [2.24, 2.45) is 0 Å². The van der Waals surface area contributed by atoms with Crippen LogP contribution < -0.4 is 9.95 Å². The molecule has 0 amide bonds. The smallest absolute Gasteiger partial charge is 0.359 e. The number of H-pyrrole nitrogens is 1. The molecule has 0 aliphatic heterocycles. The van der Waals surface area contributed by atoms with Crippen LogP contribution in [0.2, 0.25) is 0 Å². The van der Waals surface area contributed by atoms with Gasteiger partial charge in [0.15, 0.2) is 5.43 Å². The van der Waals surface area contributed by atoms with Crippen LogP contribution in [0.1, 0.15) is 0 Å². The molecule has 0 radical (unpaired) electrons. The van der Waals surface area contributed by atoms with Crippen LogP contribution in [0, 0.1) is 0 Å². The summed E-state index contributed by atoms with van der Waals surface area (Å²) in [4.78, 5) is 27.5. The molecule has 94 valence electrons. The molecule has 0 aliphatic rings. The minimum atomic E-state index is -2.72. The summed E-state index contributed by atoms with van der Waals surface area (Å²) >= 11 is 0. The molecule has 19 heavy (non-hydrogen) atoms. The molecule has 0 aliphatic carbocycles. The second kappa shape index (κ2) is 4.42. The van der Waals surface area contributed by atoms with E-state index in [2.05, 4.69) is 14.5 Å². The van der Waals surface area contributed by atoms with Crippen molar-refractivity contribution in [3.63, 3.8) is 0 Å². The molecule has 7 heteroatoms. The standard InChI is InChI=1S/C12H7N2O4P/c15-10-3-4-13-12-9(10)2-1-7-5-8(18-19(16)17)6-14-11(7)12/h1-6H,(H-,13,15,16,17)/p+1. The number of aromatic amines is 1. The molecule has 2 N–H and O–H groups in total. The predicted octanol–water partition coefficient (Wildman–Crippen LogP) is 2.10. The number of aromatic nitrogens is 2. The molecule has 2 aromatic heterocycles. The number of rotatable bonds is 2. The van der Waals surface area contributed by atoms with Crippen LogP contribution in [0.3, 0.4) is 0 Å². The lowest BCUT2D eigenvalue weighted by molar-refractivity contribution is 0.410. The van der Waals surface area contributed by atoms with Crippen molar-refractivity contribution in [1.29, 1.82) is 0 Å². The molecular formula is C12H8N2O4P+. The average molecular weight is 275 g/mol. The summed E-state index contributed by atoms with van der Waals surface area (Å²) in [5.41, 5.74) is 1.15. The molecule has 0 bridgehead atoms. The van der Waals surface area contributed by atoms with Gasteiger partial charge in [-0.05, 0) is 12.1 Å². The van der Waals surface area contributed by atoms with Gasteiger partial charge in [-0.2, -0.15) is 0 Å². The second-order valence-corrected chi connectivity index (χ2v) is 4.56. The van der Waals surface area contributed by atoms with Crippen molar-refractivity contribution in [3.8, 4) is 5.75 Å². The Morgan fingerprint density at radius 3 is 2.95 bits per heavy atom. The first-order chi connectivity index (χ1) is 9.15. The highest BCUT2D eigenvalue weighted by molar-refractivity contribution is 7.32. The highest BCUT2D eigenvalue weighted by Gasteiger charge is 2.15. The highest BCUT2D eigenvalue weighted by atomic mass is 31.1. The van der Waals surface area contributed by atoms with Gasteiger partial charge in [0.2, 0.25) is 5.75 Å². The predicted molar refractivity (Wildman–Crippen MR) is 70.3 cm³/mol. The summed E-state index contributed by atoms with van der Waals surface area (Å²) in [6, 6.07) is 6.44. The van der Waals surface area contributed by atoms with Gasteiger partial charge >= 0.3 is 8.25 Å². The molecule has 6 nitrogen and oxygen atoms in total. The van der Waals surface area contributed by atoms with Crippen molar-refractivity contribution >= 4 is 30.1 Å². The fourth-order valence-electron chi connectivity index (χ4n) is 1.96. The zero-order valence-electron chi connectivity index (χ0n) is 9.53. The molecule has 0 saturated carbocycles. The van der Waals surface area contributed by atoms with Gasteiger partial charge < -0.3 is 4.98 Å². The van der Waals surface area contributed by atoms with Gasteiger partial charge in [0.25, 0.3) is 0 Å². The van der Waals surface area contributed by atoms with Gasteiger partial charge in [-0.3, -0.25) is 4.79 Å². The summed E-state index contributed by atoms with van der Waals surface area (Å²) < 4.78 is 15.3. The van der Waals surface area contributed by atoms with E-state index in [-0.39, 0.29) is 11.2 Å². The van der Waals surface area contributed by atoms with Crippen molar-refractivity contribution in [2.45, 2.75) is 0 Å². The van der Waals surface area contributed by atoms with Crippen molar-refractivity contribution < 1.29 is 14.0 Å². The lowest BCUT2D eigenvalue weighted by Crippen LogP contribution is -2.00. The van der Waals surface area contributed by atoms with Crippen LogP contribution in [0.5, 0.6) is 5.75 Å². The highest BCUT2D eigenvalue weighted by Crippen LogP contribution is 2.27. The Morgan fingerprint density at radius 1 is 1.32 bits per heavy atom. The number of benzene rings is 1. The Bertz CT molecular complexity index is 859. The number of hydrogen-bond donors (Lipinski definition) is 2. The maximum atomic E-state index is 11.7. The second-order valence-electron chi connectivity index (χ2n) is 3.90. The van der Waals surface area contributed by atoms with Crippen molar-refractivity contribution in [3.05, 3.63) is 46.9 Å². The van der Waals surface area contributed by atoms with E-state index in [0.29, 0.717) is 21.8 Å². The van der Waals surface area contributed by atoms with Crippen LogP contribution in [0.15, 0.2) is 41.5 Å². The third-order valence-corrected chi connectivity index (χ3v) is 3.11. The Kier molecular flexibility index (Phi) is 2.74. The van der Waals surface area contributed by atoms with E-state index in [4.69, 9.17) is 4.89 Å². The van der Waals surface area contributed by atoms with E-state index >= 15 is 0 Å². The monoisotopic (exact) mass is 275 g/mol. The normalized spacial score (nSPS) is 11.7. The first-order valence-electron chi connectivity index (χ1n) is 5.39. The van der Waals surface area contributed by atoms with Crippen LogP contribution in [-0.4, -0.2) is 14.9 Å². The fourth-order valence-corrected chi connectivity index (χ4v) is 2.24. The van der Waals surface area contributed by atoms with Gasteiger partial charge in [0.1, 0.15) is 0 Å². The van der Waals surface area contributed by atoms with Gasteiger partial charge in [0, 0.05) is 27.6 Å². The topological polar surface area (TPSA) is 92.3 Å². The zero-order valence-corrected chi connectivity index (χ0v) is 10.4. The van der Waals surface area contributed by atoms with E-state index in [0.717, 1.165) is 0 Å². The number of fused-ring (bicyclic) bond motifs is 3. The summed E-state index contributed by atoms with van der Waals surface area (Å²) in [5.74, 6) is 0.203. The quantitative estimate of drug-likeness (QED) is 0.552. The Morgan fingerprint density at radius 2 is 2.16 bits per heavy atom. The lowest BCUT2D eigenvalue weighted by atomic mass is 10.1. The van der Waals surface area contributed by atoms with E-state index in [1.165, 1.54) is 12.3 Å². The molecule has 1 unspecified atom stereocenters. The lowest BCUT2D eigenvalue weighted by Gasteiger charge is -2.02. The third kappa shape index (κ3) is 2.07. The van der Waals surface area contributed by atoms with Crippen molar-refractivity contribution in [2.75, 3.05) is 0 Å². The van der Waals surface area contributed by atoms with E-state index in [1.54, 1.807) is 24.4 Å². The number of hydrogen-bond acceptors (Lipinski definition) is 4. The van der Waals surface area contributed by atoms with E-state index < -0.39 is 8.25 Å². The summed E-state index contributed by atoms with van der Waals surface area (Å²) in [5, 5.41) is 1.26. The summed E-state index contributed by atoms with van der Waals surface area (Å²) in [7, 11) is -2.72. The molecular weight excluding hydrogens is 267 g/mol. The average Bonchev–Trinajstić information content (AvgIpc) is 2.38. The molecule has 2 heterocycles. The first-order valence-corrected chi connectivity index (χ1v) is 6.52. The van der Waals surface area contributed by atoms with Crippen LogP contribution in [0.25, 0.3) is 21.8 Å². The first kappa shape index (κ1) is 11.8.